The van der Waals surface area contributed by atoms with E-state index in [-0.39, 0.29) is 5.38 Å². The largest absolute Gasteiger partial charge is 0.497 e. The van der Waals surface area contributed by atoms with E-state index in [1.54, 1.807) is 7.11 Å². The Morgan fingerprint density at radius 2 is 1.76 bits per heavy atom. The second-order valence-electron chi connectivity index (χ2n) is 5.62. The maximum Gasteiger partial charge on any atom is 0.118 e. The van der Waals surface area contributed by atoms with Gasteiger partial charge in [-0.3, -0.25) is 0 Å². The Balaban J connectivity index is 1.89. The van der Waals surface area contributed by atoms with Crippen molar-refractivity contribution in [3.8, 4) is 5.75 Å². The molecule has 0 bridgehead atoms. The average Bonchev–Trinajstić information content (AvgIpc) is 2.49. The van der Waals surface area contributed by atoms with E-state index in [0.717, 1.165) is 25.0 Å². The summed E-state index contributed by atoms with van der Waals surface area (Å²) >= 11 is 6.52. The first-order valence-electron chi connectivity index (χ1n) is 7.41. The van der Waals surface area contributed by atoms with E-state index in [9.17, 15) is 0 Å². The molecular weight excluding hydrogens is 280 g/mol. The molecule has 21 heavy (non-hydrogen) atoms. The normalized spacial score (nSPS) is 12.2. The quantitative estimate of drug-likeness (QED) is 0.675. The van der Waals surface area contributed by atoms with Gasteiger partial charge in [-0.05, 0) is 61.9 Å². The summed E-state index contributed by atoms with van der Waals surface area (Å²) in [5.41, 5.74) is 5.30. The lowest BCUT2D eigenvalue weighted by atomic mass is 9.98. The molecule has 0 aliphatic heterocycles. The van der Waals surface area contributed by atoms with Gasteiger partial charge in [-0.25, -0.2) is 0 Å². The lowest BCUT2D eigenvalue weighted by Crippen LogP contribution is -2.06. The second-order valence-corrected chi connectivity index (χ2v) is 6.24. The summed E-state index contributed by atoms with van der Waals surface area (Å²) < 4.78 is 5.17. The third kappa shape index (κ3) is 4.78. The van der Waals surface area contributed by atoms with Gasteiger partial charge in [0.15, 0.2) is 0 Å². The van der Waals surface area contributed by atoms with Crippen molar-refractivity contribution in [1.29, 1.82) is 0 Å². The van der Waals surface area contributed by atoms with Crippen molar-refractivity contribution < 1.29 is 4.74 Å². The van der Waals surface area contributed by atoms with Crippen molar-refractivity contribution in [2.75, 3.05) is 7.11 Å². The summed E-state index contributed by atoms with van der Waals surface area (Å²) in [6.07, 6.45) is 2.93. The average molecular weight is 303 g/mol. The number of rotatable bonds is 6. The first-order valence-corrected chi connectivity index (χ1v) is 7.85. The standard InChI is InChI=1S/C19H23ClO/c1-14-4-5-15(2)17(12-14)13-18(20)9-6-16-7-10-19(21-3)11-8-16/h4-5,7-8,10-12,18H,6,9,13H2,1-3H3. The monoisotopic (exact) mass is 302 g/mol. The van der Waals surface area contributed by atoms with Gasteiger partial charge in [0.1, 0.15) is 5.75 Å². The second kappa shape index (κ2) is 7.51. The molecule has 0 saturated carbocycles. The molecule has 2 aromatic carbocycles. The van der Waals surface area contributed by atoms with E-state index in [1.165, 1.54) is 22.3 Å². The number of halogens is 1. The first-order chi connectivity index (χ1) is 10.1. The highest BCUT2D eigenvalue weighted by molar-refractivity contribution is 6.20. The van der Waals surface area contributed by atoms with Crippen LogP contribution in [0.3, 0.4) is 0 Å². The fourth-order valence-corrected chi connectivity index (χ4v) is 2.75. The fraction of sp³-hybridized carbons (Fsp3) is 0.368. The van der Waals surface area contributed by atoms with Crippen LogP contribution >= 0.6 is 11.6 Å². The summed E-state index contributed by atoms with van der Waals surface area (Å²) in [6, 6.07) is 14.8. The Bertz CT molecular complexity index is 575. The highest BCUT2D eigenvalue weighted by Gasteiger charge is 2.09. The zero-order chi connectivity index (χ0) is 15.2. The van der Waals surface area contributed by atoms with E-state index in [1.807, 2.05) is 12.1 Å². The molecule has 0 saturated heterocycles. The van der Waals surface area contributed by atoms with Crippen LogP contribution in [0.4, 0.5) is 0 Å². The Morgan fingerprint density at radius 1 is 1.05 bits per heavy atom. The third-order valence-corrected chi connectivity index (χ3v) is 4.22. The molecule has 0 fully saturated rings. The lowest BCUT2D eigenvalue weighted by molar-refractivity contribution is 0.414. The van der Waals surface area contributed by atoms with Crippen molar-refractivity contribution in [2.24, 2.45) is 0 Å². The van der Waals surface area contributed by atoms with Gasteiger partial charge < -0.3 is 4.74 Å². The van der Waals surface area contributed by atoms with E-state index in [0.29, 0.717) is 0 Å². The van der Waals surface area contributed by atoms with E-state index < -0.39 is 0 Å². The fourth-order valence-electron chi connectivity index (χ4n) is 2.48. The minimum Gasteiger partial charge on any atom is -0.497 e. The predicted molar refractivity (Wildman–Crippen MR) is 90.6 cm³/mol. The van der Waals surface area contributed by atoms with Crippen LogP contribution in [0.25, 0.3) is 0 Å². The molecule has 0 aliphatic carbocycles. The molecule has 1 unspecified atom stereocenters. The van der Waals surface area contributed by atoms with Crippen LogP contribution in [0.5, 0.6) is 5.75 Å². The Kier molecular flexibility index (Phi) is 5.69. The van der Waals surface area contributed by atoms with Crippen LogP contribution in [0.2, 0.25) is 0 Å². The molecule has 1 nitrogen and oxygen atoms in total. The lowest BCUT2D eigenvalue weighted by Gasteiger charge is -2.12. The number of alkyl halides is 1. The first kappa shape index (κ1) is 15.9. The number of benzene rings is 2. The minimum atomic E-state index is 0.174. The third-order valence-electron chi connectivity index (χ3n) is 3.85. The smallest absolute Gasteiger partial charge is 0.118 e. The molecule has 2 rings (SSSR count). The summed E-state index contributed by atoms with van der Waals surface area (Å²) in [4.78, 5) is 0. The SMILES string of the molecule is COc1ccc(CCC(Cl)Cc2cc(C)ccc2C)cc1. The maximum absolute atomic E-state index is 6.52. The van der Waals surface area contributed by atoms with Gasteiger partial charge in [0.25, 0.3) is 0 Å². The van der Waals surface area contributed by atoms with Gasteiger partial charge in [0, 0.05) is 5.38 Å². The highest BCUT2D eigenvalue weighted by Crippen LogP contribution is 2.19. The summed E-state index contributed by atoms with van der Waals surface area (Å²) in [5.74, 6) is 0.900. The summed E-state index contributed by atoms with van der Waals surface area (Å²) in [6.45, 7) is 4.28. The zero-order valence-corrected chi connectivity index (χ0v) is 13.8. The highest BCUT2D eigenvalue weighted by atomic mass is 35.5. The predicted octanol–water partition coefficient (Wildman–Crippen LogP) is 5.09. The molecule has 0 aromatic heterocycles. The Hall–Kier alpha value is -1.47. The van der Waals surface area contributed by atoms with E-state index in [2.05, 4.69) is 44.2 Å². The van der Waals surface area contributed by atoms with Crippen molar-refractivity contribution >= 4 is 11.6 Å². The van der Waals surface area contributed by atoms with Gasteiger partial charge in [-0.15, -0.1) is 11.6 Å². The number of hydrogen-bond acceptors (Lipinski definition) is 1. The number of methoxy groups -OCH3 is 1. The van der Waals surface area contributed by atoms with Crippen LogP contribution in [-0.2, 0) is 12.8 Å². The molecular formula is C19H23ClO. The molecule has 0 spiro atoms. The molecule has 0 N–H and O–H groups in total. The van der Waals surface area contributed by atoms with Gasteiger partial charge >= 0.3 is 0 Å². The van der Waals surface area contributed by atoms with Crippen LogP contribution in [0, 0.1) is 13.8 Å². The molecule has 0 amide bonds. The van der Waals surface area contributed by atoms with E-state index in [4.69, 9.17) is 16.3 Å². The molecule has 2 heteroatoms. The van der Waals surface area contributed by atoms with Crippen LogP contribution in [0.15, 0.2) is 42.5 Å². The minimum absolute atomic E-state index is 0.174. The van der Waals surface area contributed by atoms with Crippen LogP contribution in [-0.4, -0.2) is 12.5 Å². The topological polar surface area (TPSA) is 9.23 Å². The van der Waals surface area contributed by atoms with Crippen molar-refractivity contribution in [1.82, 2.24) is 0 Å². The van der Waals surface area contributed by atoms with Gasteiger partial charge in [0.2, 0.25) is 0 Å². The molecule has 2 aromatic rings. The number of aryl methyl sites for hydroxylation is 3. The Labute approximate surface area is 132 Å². The molecule has 0 heterocycles. The van der Waals surface area contributed by atoms with Crippen molar-refractivity contribution in [2.45, 2.75) is 38.5 Å². The summed E-state index contributed by atoms with van der Waals surface area (Å²) in [5, 5.41) is 0.174. The van der Waals surface area contributed by atoms with Crippen LogP contribution < -0.4 is 4.74 Å². The Morgan fingerprint density at radius 3 is 2.43 bits per heavy atom. The number of ether oxygens (including phenoxy) is 1. The summed E-state index contributed by atoms with van der Waals surface area (Å²) in [7, 11) is 1.69. The van der Waals surface area contributed by atoms with Crippen LogP contribution in [0.1, 0.15) is 28.7 Å². The maximum atomic E-state index is 6.52. The number of hydrogen-bond donors (Lipinski definition) is 0. The van der Waals surface area contributed by atoms with E-state index >= 15 is 0 Å². The zero-order valence-electron chi connectivity index (χ0n) is 13.0. The molecule has 112 valence electrons. The molecule has 1 atom stereocenters. The van der Waals surface area contributed by atoms with Crippen molar-refractivity contribution in [3.63, 3.8) is 0 Å². The van der Waals surface area contributed by atoms with Crippen molar-refractivity contribution in [3.05, 3.63) is 64.7 Å². The molecule has 0 radical (unpaired) electrons. The van der Waals surface area contributed by atoms with Gasteiger partial charge in [-0.1, -0.05) is 35.9 Å². The van der Waals surface area contributed by atoms with Gasteiger partial charge in [-0.2, -0.15) is 0 Å². The van der Waals surface area contributed by atoms with Gasteiger partial charge in [0.05, 0.1) is 7.11 Å². The molecule has 0 aliphatic rings.